The van der Waals surface area contributed by atoms with Gasteiger partial charge in [0.25, 0.3) is 0 Å². The van der Waals surface area contributed by atoms with Gasteiger partial charge in [0.15, 0.2) is 0 Å². The molecule has 0 bridgehead atoms. The van der Waals surface area contributed by atoms with E-state index in [9.17, 15) is 4.79 Å². The number of para-hydroxylation sites is 1. The number of fused-ring (bicyclic) bond motifs is 1. The molecule has 3 heteroatoms. The number of allylic oxidation sites excluding steroid dienone is 3. The summed E-state index contributed by atoms with van der Waals surface area (Å²) in [5.74, 6) is -0.123. The van der Waals surface area contributed by atoms with Crippen LogP contribution in [0.4, 0.5) is 5.69 Å². The minimum absolute atomic E-state index is 0.0187. The molecule has 4 rings (SSSR count). The third-order valence-electron chi connectivity index (χ3n) is 4.66. The molecule has 0 fully saturated rings. The number of carbonyl (C=O) groups is 1. The third kappa shape index (κ3) is 3.35. The molecule has 1 N–H and O–H groups in total. The van der Waals surface area contributed by atoms with Crippen LogP contribution in [0, 0.1) is 5.92 Å². The zero-order valence-corrected chi connectivity index (χ0v) is 15.7. The Bertz CT molecular complexity index is 1030. The molecule has 1 aliphatic rings. The average Bonchev–Trinajstić information content (AvgIpc) is 2.68. The van der Waals surface area contributed by atoms with Gasteiger partial charge in [0.05, 0.1) is 5.92 Å². The molecular weight excluding hydrogens is 386 g/mol. The van der Waals surface area contributed by atoms with Crippen LogP contribution in [-0.2, 0) is 4.79 Å². The maximum Gasteiger partial charge on any atom is 0.231 e. The normalized spacial score (nSPS) is 16.3. The van der Waals surface area contributed by atoms with Crippen molar-refractivity contribution in [3.63, 3.8) is 0 Å². The number of anilines is 1. The molecule has 26 heavy (non-hydrogen) atoms. The fourth-order valence-corrected chi connectivity index (χ4v) is 3.64. The van der Waals surface area contributed by atoms with Crippen molar-refractivity contribution in [3.05, 3.63) is 89.4 Å². The fraction of sp³-hybridized carbons (Fsp3) is 0.0870. The van der Waals surface area contributed by atoms with Crippen LogP contribution in [-0.4, -0.2) is 5.91 Å². The molecule has 0 saturated carbocycles. The second kappa shape index (κ2) is 7.30. The number of carbonyl (C=O) groups excluding carboxylic acids is 1. The zero-order valence-electron chi connectivity index (χ0n) is 14.2. The molecule has 0 heterocycles. The molecule has 1 atom stereocenters. The number of hydrogen-bond donors (Lipinski definition) is 1. The van der Waals surface area contributed by atoms with Crippen molar-refractivity contribution < 1.29 is 4.79 Å². The summed E-state index contributed by atoms with van der Waals surface area (Å²) in [6, 6.07) is 22.6. The second-order valence-corrected chi connectivity index (χ2v) is 7.27. The first-order valence-electron chi connectivity index (χ1n) is 8.64. The van der Waals surface area contributed by atoms with E-state index >= 15 is 0 Å². The lowest BCUT2D eigenvalue weighted by molar-refractivity contribution is -0.118. The van der Waals surface area contributed by atoms with Gasteiger partial charge >= 0.3 is 0 Å². The Morgan fingerprint density at radius 2 is 1.65 bits per heavy atom. The highest BCUT2D eigenvalue weighted by atomic mass is 79.9. The predicted octanol–water partition coefficient (Wildman–Crippen LogP) is 6.30. The minimum atomic E-state index is -0.142. The van der Waals surface area contributed by atoms with Crippen molar-refractivity contribution >= 4 is 38.3 Å². The number of nitrogens with one attached hydrogen (secondary N) is 1. The topological polar surface area (TPSA) is 29.1 Å². The molecule has 128 valence electrons. The zero-order chi connectivity index (χ0) is 17.9. The Morgan fingerprint density at radius 3 is 2.50 bits per heavy atom. The number of amides is 1. The fourth-order valence-electron chi connectivity index (χ4n) is 3.30. The van der Waals surface area contributed by atoms with Crippen molar-refractivity contribution in [2.45, 2.75) is 6.42 Å². The van der Waals surface area contributed by atoms with E-state index in [1.807, 2.05) is 48.6 Å². The quantitative estimate of drug-likeness (QED) is 0.545. The molecule has 3 aromatic carbocycles. The lowest BCUT2D eigenvalue weighted by atomic mass is 9.96. The largest absolute Gasteiger partial charge is 0.325 e. The lowest BCUT2D eigenvalue weighted by Gasteiger charge is -2.17. The molecule has 0 radical (unpaired) electrons. The van der Waals surface area contributed by atoms with Gasteiger partial charge in [-0.3, -0.25) is 4.79 Å². The summed E-state index contributed by atoms with van der Waals surface area (Å²) in [7, 11) is 0. The predicted molar refractivity (Wildman–Crippen MR) is 112 cm³/mol. The van der Waals surface area contributed by atoms with Gasteiger partial charge in [0, 0.05) is 15.7 Å². The van der Waals surface area contributed by atoms with E-state index < -0.39 is 0 Å². The smallest absolute Gasteiger partial charge is 0.231 e. The number of halogens is 1. The van der Waals surface area contributed by atoms with E-state index in [2.05, 4.69) is 57.6 Å². The van der Waals surface area contributed by atoms with Crippen LogP contribution in [0.3, 0.4) is 0 Å². The standard InChI is InChI=1S/C23H18BrNO/c24-18-14-12-17(13-15-18)23(26)25-22-11-4-3-9-21(22)20-10-5-7-16-6-1-2-8-19(16)20/h1-12,14-15,17H,13H2,(H,25,26). The Hall–Kier alpha value is -2.65. The van der Waals surface area contributed by atoms with Crippen LogP contribution in [0.5, 0.6) is 0 Å². The van der Waals surface area contributed by atoms with Gasteiger partial charge in [-0.05, 0) is 28.8 Å². The molecule has 0 saturated heterocycles. The van der Waals surface area contributed by atoms with E-state index in [4.69, 9.17) is 0 Å². The van der Waals surface area contributed by atoms with Gasteiger partial charge in [0.2, 0.25) is 5.91 Å². The molecule has 2 nitrogen and oxygen atoms in total. The minimum Gasteiger partial charge on any atom is -0.325 e. The van der Waals surface area contributed by atoms with E-state index in [0.717, 1.165) is 21.3 Å². The van der Waals surface area contributed by atoms with Crippen molar-refractivity contribution in [2.75, 3.05) is 5.32 Å². The van der Waals surface area contributed by atoms with E-state index in [0.29, 0.717) is 6.42 Å². The first kappa shape index (κ1) is 16.8. The van der Waals surface area contributed by atoms with Crippen molar-refractivity contribution in [2.24, 2.45) is 5.92 Å². The van der Waals surface area contributed by atoms with E-state index in [1.54, 1.807) is 0 Å². The number of hydrogen-bond acceptors (Lipinski definition) is 1. The summed E-state index contributed by atoms with van der Waals surface area (Å²) in [4.78, 5) is 12.7. The first-order valence-corrected chi connectivity index (χ1v) is 9.43. The van der Waals surface area contributed by atoms with Crippen LogP contribution in [0.15, 0.2) is 89.4 Å². The third-order valence-corrected chi connectivity index (χ3v) is 5.24. The summed E-state index contributed by atoms with van der Waals surface area (Å²) >= 11 is 3.44. The molecular formula is C23H18BrNO. The van der Waals surface area contributed by atoms with Crippen LogP contribution >= 0.6 is 15.9 Å². The monoisotopic (exact) mass is 403 g/mol. The summed E-state index contributed by atoms with van der Waals surface area (Å²) < 4.78 is 1.03. The Balaban J connectivity index is 1.69. The molecule has 0 spiro atoms. The Kier molecular flexibility index (Phi) is 4.72. The summed E-state index contributed by atoms with van der Waals surface area (Å²) in [6.07, 6.45) is 6.62. The lowest BCUT2D eigenvalue weighted by Crippen LogP contribution is -2.22. The van der Waals surface area contributed by atoms with Crippen LogP contribution < -0.4 is 5.32 Å². The molecule has 1 amide bonds. The van der Waals surface area contributed by atoms with E-state index in [1.165, 1.54) is 10.8 Å². The van der Waals surface area contributed by atoms with Gasteiger partial charge in [-0.2, -0.15) is 0 Å². The van der Waals surface area contributed by atoms with Crippen molar-refractivity contribution in [3.8, 4) is 11.1 Å². The average molecular weight is 404 g/mol. The highest BCUT2D eigenvalue weighted by Crippen LogP contribution is 2.34. The molecule has 0 aliphatic heterocycles. The van der Waals surface area contributed by atoms with Crippen molar-refractivity contribution in [1.82, 2.24) is 0 Å². The first-order chi connectivity index (χ1) is 12.7. The maximum absolute atomic E-state index is 12.7. The summed E-state index contributed by atoms with van der Waals surface area (Å²) in [6.45, 7) is 0. The highest BCUT2D eigenvalue weighted by molar-refractivity contribution is 9.11. The Labute approximate surface area is 161 Å². The van der Waals surface area contributed by atoms with Crippen LogP contribution in [0.1, 0.15) is 6.42 Å². The van der Waals surface area contributed by atoms with Gasteiger partial charge in [-0.15, -0.1) is 0 Å². The van der Waals surface area contributed by atoms with Crippen LogP contribution in [0.2, 0.25) is 0 Å². The molecule has 3 aromatic rings. The molecule has 1 aliphatic carbocycles. The van der Waals surface area contributed by atoms with Gasteiger partial charge in [-0.25, -0.2) is 0 Å². The van der Waals surface area contributed by atoms with Gasteiger partial charge in [-0.1, -0.05) is 94.8 Å². The Morgan fingerprint density at radius 1 is 0.923 bits per heavy atom. The summed E-state index contributed by atoms with van der Waals surface area (Å²) in [5, 5.41) is 5.50. The van der Waals surface area contributed by atoms with Crippen LogP contribution in [0.25, 0.3) is 21.9 Å². The molecule has 1 unspecified atom stereocenters. The van der Waals surface area contributed by atoms with Crippen molar-refractivity contribution in [1.29, 1.82) is 0 Å². The second-order valence-electron chi connectivity index (χ2n) is 6.35. The number of rotatable bonds is 3. The van der Waals surface area contributed by atoms with E-state index in [-0.39, 0.29) is 11.8 Å². The van der Waals surface area contributed by atoms with Gasteiger partial charge < -0.3 is 5.32 Å². The van der Waals surface area contributed by atoms with Gasteiger partial charge in [0.1, 0.15) is 0 Å². The summed E-state index contributed by atoms with van der Waals surface area (Å²) in [5.41, 5.74) is 3.01. The maximum atomic E-state index is 12.7. The number of benzene rings is 3. The highest BCUT2D eigenvalue weighted by Gasteiger charge is 2.18. The molecule has 0 aromatic heterocycles. The SMILES string of the molecule is O=C(Nc1ccccc1-c1cccc2ccccc12)C1C=CC(Br)=CC1.